The van der Waals surface area contributed by atoms with Gasteiger partial charge >= 0.3 is 0 Å². The Bertz CT molecular complexity index is 735. The molecule has 6 saturated carbocycles. The molecule has 2 aliphatic heterocycles. The summed E-state index contributed by atoms with van der Waals surface area (Å²) in [5.74, 6) is 2.43. The predicted octanol–water partition coefficient (Wildman–Crippen LogP) is 2.59. The van der Waals surface area contributed by atoms with Crippen molar-refractivity contribution in [1.82, 2.24) is 4.90 Å². The number of ketones is 1. The summed E-state index contributed by atoms with van der Waals surface area (Å²) in [6.45, 7) is 6.32. The van der Waals surface area contributed by atoms with Crippen molar-refractivity contribution in [1.29, 1.82) is 0 Å². The molecule has 6 bridgehead atoms. The monoisotopic (exact) mass is 357 g/mol. The van der Waals surface area contributed by atoms with Crippen molar-refractivity contribution in [3.8, 4) is 0 Å². The zero-order chi connectivity index (χ0) is 17.7. The highest BCUT2D eigenvalue weighted by Crippen LogP contribution is 2.83. The number of rotatable bonds is 0. The largest absolute Gasteiger partial charge is 0.390 e. The van der Waals surface area contributed by atoms with Crippen LogP contribution in [0.1, 0.15) is 58.8 Å². The van der Waals surface area contributed by atoms with Crippen LogP contribution in [0.2, 0.25) is 0 Å². The number of fused-ring (bicyclic) bond motifs is 4. The highest BCUT2D eigenvalue weighted by molar-refractivity contribution is 5.86. The minimum absolute atomic E-state index is 0.00316. The molecule has 10 atom stereocenters. The fourth-order valence-corrected chi connectivity index (χ4v) is 10.7. The molecular weight excluding hydrogens is 326 g/mol. The smallest absolute Gasteiger partial charge is 0.137 e. The molecule has 2 heterocycles. The van der Waals surface area contributed by atoms with Gasteiger partial charge < -0.3 is 9.84 Å². The Morgan fingerprint density at radius 1 is 1.23 bits per heavy atom. The molecule has 10 unspecified atom stereocenters. The Hall–Kier alpha value is -0.450. The Labute approximate surface area is 155 Å². The average molecular weight is 357 g/mol. The van der Waals surface area contributed by atoms with Crippen molar-refractivity contribution in [2.75, 3.05) is 13.2 Å². The van der Waals surface area contributed by atoms with Gasteiger partial charge in [-0.1, -0.05) is 13.3 Å². The summed E-state index contributed by atoms with van der Waals surface area (Å²) in [6.07, 6.45) is 7.70. The van der Waals surface area contributed by atoms with E-state index in [0.29, 0.717) is 29.6 Å². The molecule has 0 radical (unpaired) electrons. The lowest BCUT2D eigenvalue weighted by atomic mass is 9.38. The SMILES string of the molecule is CC1(O)CC23CC(=O)C4C5(C)CCCC46C(C2CC1CC36)N1CCOC15. The second kappa shape index (κ2) is 4.11. The van der Waals surface area contributed by atoms with E-state index in [4.69, 9.17) is 4.74 Å². The van der Waals surface area contributed by atoms with Gasteiger partial charge in [0.1, 0.15) is 12.0 Å². The lowest BCUT2D eigenvalue weighted by Crippen LogP contribution is -2.71. The molecule has 0 aromatic heterocycles. The molecule has 1 N–H and O–H groups in total. The molecule has 2 saturated heterocycles. The molecule has 0 amide bonds. The van der Waals surface area contributed by atoms with Crippen LogP contribution in [0.5, 0.6) is 0 Å². The second-order valence-electron chi connectivity index (χ2n) is 11.5. The van der Waals surface area contributed by atoms with Crippen LogP contribution in [0.25, 0.3) is 0 Å². The third-order valence-electron chi connectivity index (χ3n) is 10.8. The topological polar surface area (TPSA) is 49.8 Å². The molecule has 0 aromatic rings. The predicted molar refractivity (Wildman–Crippen MR) is 95.1 cm³/mol. The van der Waals surface area contributed by atoms with E-state index >= 15 is 0 Å². The summed E-state index contributed by atoms with van der Waals surface area (Å²) in [4.78, 5) is 16.5. The average Bonchev–Trinajstić information content (AvgIpc) is 3.04. The summed E-state index contributed by atoms with van der Waals surface area (Å²) in [6, 6.07) is 0.533. The number of ether oxygens (including phenoxy) is 1. The van der Waals surface area contributed by atoms with Crippen molar-refractivity contribution >= 4 is 5.78 Å². The maximum Gasteiger partial charge on any atom is 0.137 e. The Morgan fingerprint density at radius 2 is 2.08 bits per heavy atom. The third kappa shape index (κ3) is 1.28. The molecule has 4 nitrogen and oxygen atoms in total. The molecule has 8 fully saturated rings. The fourth-order valence-electron chi connectivity index (χ4n) is 10.7. The number of aliphatic hydroxyl groups is 1. The molecule has 8 rings (SSSR count). The highest BCUT2D eigenvalue weighted by Gasteiger charge is 2.84. The summed E-state index contributed by atoms with van der Waals surface area (Å²) < 4.78 is 6.34. The zero-order valence-corrected chi connectivity index (χ0v) is 16.0. The van der Waals surface area contributed by atoms with Gasteiger partial charge in [-0.25, -0.2) is 0 Å². The first-order valence-electron chi connectivity index (χ1n) is 11.0. The quantitative estimate of drug-likeness (QED) is 0.724. The van der Waals surface area contributed by atoms with Crippen LogP contribution in [0.15, 0.2) is 0 Å². The van der Waals surface area contributed by atoms with Crippen LogP contribution in [-0.2, 0) is 9.53 Å². The van der Waals surface area contributed by atoms with Crippen LogP contribution in [0.3, 0.4) is 0 Å². The van der Waals surface area contributed by atoms with Crippen LogP contribution in [-0.4, -0.2) is 46.8 Å². The van der Waals surface area contributed by atoms with E-state index in [1.54, 1.807) is 0 Å². The Balaban J connectivity index is 1.52. The molecule has 6 aliphatic carbocycles. The molecular formula is C22H31NO3. The highest BCUT2D eigenvalue weighted by atomic mass is 16.5. The van der Waals surface area contributed by atoms with Gasteiger partial charge in [-0.3, -0.25) is 9.69 Å². The first-order valence-corrected chi connectivity index (χ1v) is 11.0. The molecule has 2 spiro atoms. The van der Waals surface area contributed by atoms with Crippen molar-refractivity contribution < 1.29 is 14.6 Å². The van der Waals surface area contributed by atoms with E-state index in [9.17, 15) is 9.90 Å². The standard InChI is InChI=1S/C22H31NO3/c1-19-4-3-5-22-15-9-12-8-13(17(22)23-6-7-26-18(19)23)21(15,11-20(12,2)25)10-14(24)16(19)22/h12-13,15-18,25H,3-11H2,1-2H3. The fraction of sp³-hybridized carbons (Fsp3) is 0.955. The van der Waals surface area contributed by atoms with Crippen molar-refractivity contribution in [3.05, 3.63) is 0 Å². The number of piperidine rings is 1. The molecule has 4 heteroatoms. The minimum atomic E-state index is -0.566. The van der Waals surface area contributed by atoms with Gasteiger partial charge in [0.25, 0.3) is 0 Å². The normalized spacial score (nSPS) is 67.6. The van der Waals surface area contributed by atoms with Gasteiger partial charge in [-0.05, 0) is 62.2 Å². The van der Waals surface area contributed by atoms with Gasteiger partial charge in [-0.2, -0.15) is 0 Å². The van der Waals surface area contributed by atoms with Gasteiger partial charge in [0.15, 0.2) is 0 Å². The number of hydrogen-bond donors (Lipinski definition) is 1. The lowest BCUT2D eigenvalue weighted by molar-refractivity contribution is -0.240. The van der Waals surface area contributed by atoms with E-state index in [-0.39, 0.29) is 28.4 Å². The van der Waals surface area contributed by atoms with E-state index in [0.717, 1.165) is 38.8 Å². The van der Waals surface area contributed by atoms with Gasteiger partial charge in [0, 0.05) is 35.8 Å². The van der Waals surface area contributed by atoms with Crippen molar-refractivity contribution in [2.45, 2.75) is 76.7 Å². The summed E-state index contributed by atoms with van der Waals surface area (Å²) in [7, 11) is 0. The van der Waals surface area contributed by atoms with Crippen LogP contribution in [0.4, 0.5) is 0 Å². The number of nitrogens with zero attached hydrogens (tertiary/aromatic N) is 1. The summed E-state index contributed by atoms with van der Waals surface area (Å²) >= 11 is 0. The molecule has 142 valence electrons. The lowest BCUT2D eigenvalue weighted by Gasteiger charge is -2.68. The number of carbonyl (C=O) groups excluding carboxylic acids is 1. The van der Waals surface area contributed by atoms with Crippen molar-refractivity contribution in [2.24, 2.45) is 39.9 Å². The van der Waals surface area contributed by atoms with E-state index < -0.39 is 5.60 Å². The molecule has 8 aliphatic rings. The summed E-state index contributed by atoms with van der Waals surface area (Å²) in [5.41, 5.74) is -0.305. The Kier molecular flexibility index (Phi) is 2.45. The number of carbonyl (C=O) groups is 1. The zero-order valence-electron chi connectivity index (χ0n) is 16.0. The van der Waals surface area contributed by atoms with Gasteiger partial charge in [0.2, 0.25) is 0 Å². The maximum atomic E-state index is 13.7. The van der Waals surface area contributed by atoms with Crippen molar-refractivity contribution in [3.63, 3.8) is 0 Å². The van der Waals surface area contributed by atoms with Crippen LogP contribution >= 0.6 is 0 Å². The molecule has 26 heavy (non-hydrogen) atoms. The third-order valence-corrected chi connectivity index (χ3v) is 10.8. The number of hydrogen-bond acceptors (Lipinski definition) is 4. The maximum absolute atomic E-state index is 13.7. The first-order chi connectivity index (χ1) is 12.3. The van der Waals surface area contributed by atoms with Gasteiger partial charge in [-0.15, -0.1) is 0 Å². The first kappa shape index (κ1) is 15.5. The van der Waals surface area contributed by atoms with Crippen LogP contribution < -0.4 is 0 Å². The number of Topliss-reactive ketones (excluding diaryl/α,β-unsaturated/α-hetero) is 1. The van der Waals surface area contributed by atoms with E-state index in [2.05, 4.69) is 18.7 Å². The van der Waals surface area contributed by atoms with Gasteiger partial charge in [0.05, 0.1) is 12.2 Å². The second-order valence-corrected chi connectivity index (χ2v) is 11.5. The Morgan fingerprint density at radius 3 is 2.92 bits per heavy atom. The van der Waals surface area contributed by atoms with Crippen LogP contribution in [0, 0.1) is 39.9 Å². The minimum Gasteiger partial charge on any atom is -0.390 e. The van der Waals surface area contributed by atoms with E-state index in [1.165, 1.54) is 19.3 Å². The summed E-state index contributed by atoms with van der Waals surface area (Å²) in [5, 5.41) is 11.2. The molecule has 0 aromatic carbocycles. The van der Waals surface area contributed by atoms with E-state index in [1.807, 2.05) is 0 Å².